The monoisotopic (exact) mass is 380 g/mol. The lowest BCUT2D eigenvalue weighted by Gasteiger charge is -2.36. The third kappa shape index (κ3) is 3.99. The van der Waals surface area contributed by atoms with Crippen LogP contribution >= 0.6 is 11.6 Å². The van der Waals surface area contributed by atoms with Gasteiger partial charge < -0.3 is 10.1 Å². The molecule has 2 aromatic rings. The second-order valence-electron chi connectivity index (χ2n) is 6.69. The van der Waals surface area contributed by atoms with Crippen LogP contribution in [0.2, 0.25) is 5.02 Å². The minimum atomic E-state index is -0.441. The topological polar surface area (TPSA) is 62.1 Å². The maximum atomic E-state index is 13.0. The molecule has 138 valence electrons. The number of nitriles is 1. The highest BCUT2D eigenvalue weighted by atomic mass is 35.5. The second-order valence-corrected chi connectivity index (χ2v) is 7.09. The van der Waals surface area contributed by atoms with Gasteiger partial charge in [0.05, 0.1) is 17.6 Å². The Balaban J connectivity index is 1.96. The van der Waals surface area contributed by atoms with Crippen LogP contribution in [0.3, 0.4) is 0 Å². The summed E-state index contributed by atoms with van der Waals surface area (Å²) in [4.78, 5) is 13.0. The van der Waals surface area contributed by atoms with E-state index in [1.165, 1.54) is 0 Å². The van der Waals surface area contributed by atoms with Crippen molar-refractivity contribution in [3.8, 4) is 6.07 Å². The molecule has 0 fully saturated rings. The SMILES string of the molecule is CC1=C(C(=O)OCc2ccccc2)C(c2ccccc2Cl)C(C#N)C(C)N1. The summed E-state index contributed by atoms with van der Waals surface area (Å²) < 4.78 is 5.57. The fourth-order valence-electron chi connectivity index (χ4n) is 3.55. The summed E-state index contributed by atoms with van der Waals surface area (Å²) in [6, 6.07) is 19.1. The van der Waals surface area contributed by atoms with Crippen LogP contribution in [-0.4, -0.2) is 12.0 Å². The quantitative estimate of drug-likeness (QED) is 0.789. The predicted octanol–water partition coefficient (Wildman–Crippen LogP) is 4.57. The lowest BCUT2D eigenvalue weighted by Crippen LogP contribution is -2.43. The van der Waals surface area contributed by atoms with Crippen LogP contribution in [0.4, 0.5) is 0 Å². The van der Waals surface area contributed by atoms with Crippen molar-refractivity contribution in [3.05, 3.63) is 82.0 Å². The van der Waals surface area contributed by atoms with Gasteiger partial charge in [-0.1, -0.05) is 60.1 Å². The first-order chi connectivity index (χ1) is 13.0. The lowest BCUT2D eigenvalue weighted by molar-refractivity contribution is -0.141. The molecular weight excluding hydrogens is 360 g/mol. The Hall–Kier alpha value is -2.77. The summed E-state index contributed by atoms with van der Waals surface area (Å²) in [5.41, 5.74) is 2.86. The Kier molecular flexibility index (Phi) is 5.83. The molecule has 3 rings (SSSR count). The third-order valence-electron chi connectivity index (χ3n) is 4.88. The summed E-state index contributed by atoms with van der Waals surface area (Å²) in [6.45, 7) is 3.96. The summed E-state index contributed by atoms with van der Waals surface area (Å²) >= 11 is 6.41. The summed E-state index contributed by atoms with van der Waals surface area (Å²) in [5.74, 6) is -1.31. The van der Waals surface area contributed by atoms with Gasteiger partial charge in [-0.15, -0.1) is 0 Å². The number of esters is 1. The van der Waals surface area contributed by atoms with Crippen molar-refractivity contribution >= 4 is 17.6 Å². The number of nitrogens with zero attached hydrogens (tertiary/aromatic N) is 1. The molecule has 3 unspecified atom stereocenters. The van der Waals surface area contributed by atoms with Gasteiger partial charge in [-0.3, -0.25) is 0 Å². The third-order valence-corrected chi connectivity index (χ3v) is 5.22. The molecule has 0 spiro atoms. The Morgan fingerprint density at radius 1 is 1.19 bits per heavy atom. The first kappa shape index (κ1) is 19.0. The van der Waals surface area contributed by atoms with Gasteiger partial charge in [-0.05, 0) is 31.0 Å². The first-order valence-electron chi connectivity index (χ1n) is 8.85. The zero-order valence-electron chi connectivity index (χ0n) is 15.3. The molecule has 0 amide bonds. The van der Waals surface area contributed by atoms with E-state index in [9.17, 15) is 10.1 Å². The summed E-state index contributed by atoms with van der Waals surface area (Å²) in [5, 5.41) is 13.6. The fourth-order valence-corrected chi connectivity index (χ4v) is 3.81. The van der Waals surface area contributed by atoms with Crippen LogP contribution in [0.25, 0.3) is 0 Å². The van der Waals surface area contributed by atoms with Crippen LogP contribution < -0.4 is 5.32 Å². The first-order valence-corrected chi connectivity index (χ1v) is 9.23. The van der Waals surface area contributed by atoms with E-state index in [1.807, 2.05) is 62.4 Å². The van der Waals surface area contributed by atoms with Gasteiger partial charge in [0, 0.05) is 22.7 Å². The molecule has 4 nitrogen and oxygen atoms in total. The number of nitrogens with one attached hydrogen (secondary N) is 1. The molecule has 1 aliphatic heterocycles. The van der Waals surface area contributed by atoms with E-state index in [2.05, 4.69) is 11.4 Å². The Bertz CT molecular complexity index is 902. The molecule has 27 heavy (non-hydrogen) atoms. The van der Waals surface area contributed by atoms with E-state index in [0.29, 0.717) is 10.6 Å². The van der Waals surface area contributed by atoms with E-state index in [0.717, 1.165) is 16.8 Å². The van der Waals surface area contributed by atoms with Crippen molar-refractivity contribution < 1.29 is 9.53 Å². The van der Waals surface area contributed by atoms with Crippen LogP contribution in [0.15, 0.2) is 65.9 Å². The molecule has 0 aromatic heterocycles. The van der Waals surface area contributed by atoms with E-state index < -0.39 is 17.8 Å². The number of ether oxygens (including phenoxy) is 1. The Labute approximate surface area is 164 Å². The van der Waals surface area contributed by atoms with Gasteiger partial charge in [0.1, 0.15) is 6.61 Å². The maximum Gasteiger partial charge on any atom is 0.336 e. The van der Waals surface area contributed by atoms with Crippen LogP contribution in [0.1, 0.15) is 30.9 Å². The van der Waals surface area contributed by atoms with Crippen molar-refractivity contribution in [1.29, 1.82) is 5.26 Å². The zero-order chi connectivity index (χ0) is 19.4. The minimum absolute atomic E-state index is 0.109. The van der Waals surface area contributed by atoms with Gasteiger partial charge in [-0.25, -0.2) is 4.79 Å². The number of carbonyl (C=O) groups is 1. The highest BCUT2D eigenvalue weighted by Gasteiger charge is 2.40. The van der Waals surface area contributed by atoms with Crippen molar-refractivity contribution in [2.75, 3.05) is 0 Å². The number of hydrogen-bond donors (Lipinski definition) is 1. The number of benzene rings is 2. The van der Waals surface area contributed by atoms with E-state index in [1.54, 1.807) is 6.07 Å². The molecule has 1 aliphatic rings. The molecule has 0 saturated heterocycles. The Morgan fingerprint density at radius 2 is 1.85 bits per heavy atom. The number of allylic oxidation sites excluding steroid dienone is 1. The number of carbonyl (C=O) groups excluding carboxylic acids is 1. The average Bonchev–Trinajstić information content (AvgIpc) is 2.67. The molecule has 3 atom stereocenters. The lowest BCUT2D eigenvalue weighted by atomic mass is 9.74. The maximum absolute atomic E-state index is 13.0. The van der Waals surface area contributed by atoms with Crippen LogP contribution in [0.5, 0.6) is 0 Å². The average molecular weight is 381 g/mol. The predicted molar refractivity (Wildman–Crippen MR) is 105 cm³/mol. The van der Waals surface area contributed by atoms with Crippen molar-refractivity contribution in [1.82, 2.24) is 5.32 Å². The summed E-state index contributed by atoms with van der Waals surface area (Å²) in [7, 11) is 0. The molecular formula is C22H21ClN2O2. The molecule has 0 bridgehead atoms. The highest BCUT2D eigenvalue weighted by Crippen LogP contribution is 2.41. The zero-order valence-corrected chi connectivity index (χ0v) is 16.0. The smallest absolute Gasteiger partial charge is 0.336 e. The van der Waals surface area contributed by atoms with E-state index in [4.69, 9.17) is 16.3 Å². The van der Waals surface area contributed by atoms with Gasteiger partial charge in [0.25, 0.3) is 0 Å². The molecule has 0 saturated carbocycles. The van der Waals surface area contributed by atoms with Gasteiger partial charge in [0.15, 0.2) is 0 Å². The number of rotatable bonds is 4. The molecule has 1 heterocycles. The van der Waals surface area contributed by atoms with Crippen molar-refractivity contribution in [3.63, 3.8) is 0 Å². The normalized spacial score (nSPS) is 21.9. The fraction of sp³-hybridized carbons (Fsp3) is 0.273. The molecule has 1 N–H and O–H groups in total. The molecule has 0 aliphatic carbocycles. The molecule has 5 heteroatoms. The Morgan fingerprint density at radius 3 is 2.52 bits per heavy atom. The number of halogens is 1. The van der Waals surface area contributed by atoms with Gasteiger partial charge >= 0.3 is 5.97 Å². The van der Waals surface area contributed by atoms with Crippen LogP contribution in [-0.2, 0) is 16.1 Å². The minimum Gasteiger partial charge on any atom is -0.457 e. The summed E-state index contributed by atoms with van der Waals surface area (Å²) in [6.07, 6.45) is 0. The van der Waals surface area contributed by atoms with E-state index >= 15 is 0 Å². The second kappa shape index (κ2) is 8.28. The van der Waals surface area contributed by atoms with Gasteiger partial charge in [-0.2, -0.15) is 5.26 Å². The van der Waals surface area contributed by atoms with Crippen LogP contribution in [0, 0.1) is 17.2 Å². The van der Waals surface area contributed by atoms with Crippen molar-refractivity contribution in [2.24, 2.45) is 5.92 Å². The van der Waals surface area contributed by atoms with E-state index in [-0.39, 0.29) is 12.6 Å². The standard InChI is InChI=1S/C22H21ClN2O2/c1-14-18(12-24)21(17-10-6-7-11-19(17)23)20(15(2)25-14)22(26)27-13-16-8-4-3-5-9-16/h3-11,14,18,21,25H,13H2,1-2H3. The number of hydrogen-bond acceptors (Lipinski definition) is 4. The van der Waals surface area contributed by atoms with Crippen molar-refractivity contribution in [2.45, 2.75) is 32.4 Å². The molecule has 0 radical (unpaired) electrons. The molecule has 2 aromatic carbocycles. The largest absolute Gasteiger partial charge is 0.457 e. The van der Waals surface area contributed by atoms with Gasteiger partial charge in [0.2, 0.25) is 0 Å². The highest BCUT2D eigenvalue weighted by molar-refractivity contribution is 6.31.